The average Bonchev–Trinajstić information content (AvgIpc) is 2.78. The second-order valence-corrected chi connectivity index (χ2v) is 3.99. The molecule has 2 aromatic rings. The minimum atomic E-state index is 0.515. The molecule has 1 aromatic heterocycles. The molecule has 0 fully saturated rings. The fraction of sp³-hybridized carbons (Fsp3) is 0.333. The van der Waals surface area contributed by atoms with Crippen molar-refractivity contribution in [3.05, 3.63) is 30.2 Å². The zero-order valence-electron chi connectivity index (χ0n) is 10.1. The van der Waals surface area contributed by atoms with Crippen LogP contribution in [0, 0.1) is 0 Å². The van der Waals surface area contributed by atoms with Crippen molar-refractivity contribution >= 4 is 5.69 Å². The van der Waals surface area contributed by atoms with E-state index >= 15 is 0 Å². The molecule has 0 aliphatic carbocycles. The van der Waals surface area contributed by atoms with Crippen molar-refractivity contribution < 1.29 is 4.52 Å². The zero-order valence-corrected chi connectivity index (χ0v) is 10.1. The second-order valence-electron chi connectivity index (χ2n) is 3.99. The van der Waals surface area contributed by atoms with Crippen LogP contribution in [-0.4, -0.2) is 30.8 Å². The first kappa shape index (κ1) is 11.6. The van der Waals surface area contributed by atoms with Gasteiger partial charge in [0, 0.05) is 38.3 Å². The first-order chi connectivity index (χ1) is 8.20. The van der Waals surface area contributed by atoms with E-state index < -0.39 is 0 Å². The predicted molar refractivity (Wildman–Crippen MR) is 66.8 cm³/mol. The summed E-state index contributed by atoms with van der Waals surface area (Å²) < 4.78 is 5.09. The van der Waals surface area contributed by atoms with E-state index in [9.17, 15) is 0 Å². The van der Waals surface area contributed by atoms with Gasteiger partial charge in [0.2, 0.25) is 11.7 Å². The summed E-state index contributed by atoms with van der Waals surface area (Å²) in [5.41, 5.74) is 7.51. The van der Waals surface area contributed by atoms with Crippen molar-refractivity contribution in [3.8, 4) is 11.4 Å². The number of nitrogens with zero attached hydrogens (tertiary/aromatic N) is 3. The second kappa shape index (κ2) is 4.97. The molecular weight excluding hydrogens is 216 g/mol. The summed E-state index contributed by atoms with van der Waals surface area (Å²) >= 11 is 0. The number of hydrogen-bond acceptors (Lipinski definition) is 5. The summed E-state index contributed by atoms with van der Waals surface area (Å²) in [5, 5.41) is 3.92. The first-order valence-corrected chi connectivity index (χ1v) is 5.51. The Hall–Kier alpha value is -1.88. The predicted octanol–water partition coefficient (Wildman–Crippen LogP) is 1.30. The number of nitrogens with two attached hydrogens (primary N) is 1. The fourth-order valence-electron chi connectivity index (χ4n) is 1.51. The average molecular weight is 232 g/mol. The van der Waals surface area contributed by atoms with Gasteiger partial charge in [-0.3, -0.25) is 0 Å². The Morgan fingerprint density at radius 2 is 1.94 bits per heavy atom. The molecule has 2 N–H and O–H groups in total. The van der Waals surface area contributed by atoms with Crippen LogP contribution in [0.15, 0.2) is 28.8 Å². The lowest BCUT2D eigenvalue weighted by Crippen LogP contribution is -2.07. The smallest absolute Gasteiger partial charge is 0.228 e. The lowest BCUT2D eigenvalue weighted by Gasteiger charge is -2.11. The molecule has 1 aromatic carbocycles. The quantitative estimate of drug-likeness (QED) is 0.860. The third-order valence-electron chi connectivity index (χ3n) is 2.47. The highest BCUT2D eigenvalue weighted by molar-refractivity contribution is 5.59. The first-order valence-electron chi connectivity index (χ1n) is 5.51. The van der Waals surface area contributed by atoms with E-state index in [1.807, 2.05) is 43.3 Å². The molecule has 17 heavy (non-hydrogen) atoms. The van der Waals surface area contributed by atoms with Gasteiger partial charge in [0.15, 0.2) is 0 Å². The highest BCUT2D eigenvalue weighted by Crippen LogP contribution is 2.19. The molecule has 0 unspecified atom stereocenters. The van der Waals surface area contributed by atoms with Crippen LogP contribution in [0.5, 0.6) is 0 Å². The van der Waals surface area contributed by atoms with Crippen LogP contribution < -0.4 is 10.6 Å². The van der Waals surface area contributed by atoms with E-state index in [0.717, 1.165) is 11.3 Å². The Morgan fingerprint density at radius 3 is 2.53 bits per heavy atom. The van der Waals surface area contributed by atoms with Gasteiger partial charge in [-0.25, -0.2) is 0 Å². The fourth-order valence-corrected chi connectivity index (χ4v) is 1.51. The molecule has 90 valence electrons. The largest absolute Gasteiger partial charge is 0.378 e. The van der Waals surface area contributed by atoms with Gasteiger partial charge in [0.25, 0.3) is 0 Å². The van der Waals surface area contributed by atoms with Crippen LogP contribution in [0.3, 0.4) is 0 Å². The normalized spacial score (nSPS) is 10.5. The molecule has 1 heterocycles. The Balaban J connectivity index is 2.21. The van der Waals surface area contributed by atoms with Gasteiger partial charge >= 0.3 is 0 Å². The molecule has 0 bridgehead atoms. The van der Waals surface area contributed by atoms with Crippen LogP contribution in [0.25, 0.3) is 11.4 Å². The number of rotatable bonds is 4. The topological polar surface area (TPSA) is 68.2 Å². The molecule has 5 heteroatoms. The molecule has 0 radical (unpaired) electrons. The Morgan fingerprint density at radius 1 is 1.24 bits per heavy atom. The molecule has 0 saturated carbocycles. The van der Waals surface area contributed by atoms with E-state index in [4.69, 9.17) is 10.3 Å². The maximum absolute atomic E-state index is 5.43. The summed E-state index contributed by atoms with van der Waals surface area (Å²) in [7, 11) is 4.01. The molecular formula is C12H16N4O. The highest BCUT2D eigenvalue weighted by Gasteiger charge is 2.07. The van der Waals surface area contributed by atoms with Gasteiger partial charge in [0.05, 0.1) is 0 Å². The maximum atomic E-state index is 5.43. The minimum absolute atomic E-state index is 0.515. The van der Waals surface area contributed by atoms with Crippen molar-refractivity contribution in [2.45, 2.75) is 6.42 Å². The van der Waals surface area contributed by atoms with Gasteiger partial charge in [-0.2, -0.15) is 4.98 Å². The number of aromatic nitrogens is 2. The van der Waals surface area contributed by atoms with Crippen molar-refractivity contribution in [2.24, 2.45) is 5.73 Å². The van der Waals surface area contributed by atoms with Crippen molar-refractivity contribution in [3.63, 3.8) is 0 Å². The molecule has 0 saturated heterocycles. The number of benzene rings is 1. The molecule has 2 rings (SSSR count). The van der Waals surface area contributed by atoms with Crippen molar-refractivity contribution in [1.82, 2.24) is 10.1 Å². The minimum Gasteiger partial charge on any atom is -0.378 e. The summed E-state index contributed by atoms with van der Waals surface area (Å²) in [6.07, 6.45) is 0.614. The van der Waals surface area contributed by atoms with Gasteiger partial charge < -0.3 is 15.2 Å². The summed E-state index contributed by atoms with van der Waals surface area (Å²) in [4.78, 5) is 6.31. The van der Waals surface area contributed by atoms with Gasteiger partial charge in [0.1, 0.15) is 0 Å². The molecule has 0 aliphatic rings. The summed E-state index contributed by atoms with van der Waals surface area (Å²) in [6.45, 7) is 0.515. The molecule has 0 amide bonds. The SMILES string of the molecule is CN(C)c1ccc(-c2noc(CCN)n2)cc1. The third-order valence-corrected chi connectivity index (χ3v) is 2.47. The van der Waals surface area contributed by atoms with E-state index in [-0.39, 0.29) is 0 Å². The number of anilines is 1. The molecule has 5 nitrogen and oxygen atoms in total. The Labute approximate surface area is 100 Å². The zero-order chi connectivity index (χ0) is 12.3. The summed E-state index contributed by atoms with van der Waals surface area (Å²) in [5.74, 6) is 1.19. The van der Waals surface area contributed by atoms with Crippen LogP contribution >= 0.6 is 0 Å². The number of hydrogen-bond donors (Lipinski definition) is 1. The van der Waals surface area contributed by atoms with Crippen LogP contribution in [0.2, 0.25) is 0 Å². The Bertz CT molecular complexity index is 476. The molecule has 0 atom stereocenters. The standard InChI is InChI=1S/C12H16N4O/c1-16(2)10-5-3-9(4-6-10)12-14-11(7-8-13)17-15-12/h3-6H,7-8,13H2,1-2H3. The summed E-state index contributed by atoms with van der Waals surface area (Å²) in [6, 6.07) is 8.00. The van der Waals surface area contributed by atoms with E-state index in [1.165, 1.54) is 0 Å². The van der Waals surface area contributed by atoms with Crippen LogP contribution in [0.1, 0.15) is 5.89 Å². The molecule has 0 aliphatic heterocycles. The monoisotopic (exact) mass is 232 g/mol. The van der Waals surface area contributed by atoms with Crippen LogP contribution in [0.4, 0.5) is 5.69 Å². The van der Waals surface area contributed by atoms with E-state index in [2.05, 4.69) is 10.1 Å². The van der Waals surface area contributed by atoms with Crippen molar-refractivity contribution in [1.29, 1.82) is 0 Å². The van der Waals surface area contributed by atoms with E-state index in [1.54, 1.807) is 0 Å². The Kier molecular flexibility index (Phi) is 3.39. The maximum Gasteiger partial charge on any atom is 0.228 e. The van der Waals surface area contributed by atoms with Gasteiger partial charge in [-0.15, -0.1) is 0 Å². The van der Waals surface area contributed by atoms with Crippen molar-refractivity contribution in [2.75, 3.05) is 25.5 Å². The molecule has 0 spiro atoms. The lowest BCUT2D eigenvalue weighted by molar-refractivity contribution is 0.380. The highest BCUT2D eigenvalue weighted by atomic mass is 16.5. The van der Waals surface area contributed by atoms with Crippen LogP contribution in [-0.2, 0) is 6.42 Å². The third kappa shape index (κ3) is 2.62. The van der Waals surface area contributed by atoms with Gasteiger partial charge in [-0.1, -0.05) is 5.16 Å². The lowest BCUT2D eigenvalue weighted by atomic mass is 10.2. The van der Waals surface area contributed by atoms with Gasteiger partial charge in [-0.05, 0) is 24.3 Å². The van der Waals surface area contributed by atoms with E-state index in [0.29, 0.717) is 24.7 Å².